The van der Waals surface area contributed by atoms with Crippen LogP contribution in [0.2, 0.25) is 0 Å². The third-order valence-corrected chi connectivity index (χ3v) is 2.67. The van der Waals surface area contributed by atoms with Crippen LogP contribution in [0.1, 0.15) is 39.5 Å². The summed E-state index contributed by atoms with van der Waals surface area (Å²) in [6.07, 6.45) is 4.27. The summed E-state index contributed by atoms with van der Waals surface area (Å²) in [7, 11) is 0. The van der Waals surface area contributed by atoms with Gasteiger partial charge in [0.25, 0.3) is 0 Å². The second kappa shape index (κ2) is 4.08. The fourth-order valence-corrected chi connectivity index (χ4v) is 2.01. The van der Waals surface area contributed by atoms with Crippen LogP contribution in [0, 0.1) is 5.92 Å². The molecule has 0 aliphatic heterocycles. The van der Waals surface area contributed by atoms with E-state index in [4.69, 9.17) is 11.6 Å². The molecule has 0 saturated heterocycles. The molecule has 0 unspecified atom stereocenters. The Balaban J connectivity index is 2.91. The second-order valence-electron chi connectivity index (χ2n) is 3.64. The first-order chi connectivity index (χ1) is 5.63. The predicted octanol–water partition coefficient (Wildman–Crippen LogP) is 3.28. The van der Waals surface area contributed by atoms with Crippen molar-refractivity contribution in [3.63, 3.8) is 0 Å². The van der Waals surface area contributed by atoms with Crippen LogP contribution >= 0.6 is 11.6 Å². The number of hydrogen-bond acceptors (Lipinski definition) is 1. The number of halogens is 1. The molecule has 0 spiro atoms. The molecule has 0 fully saturated rings. The molecule has 1 nitrogen and oxygen atoms in total. The average Bonchev–Trinajstić information content (AvgIpc) is 2.04. The highest BCUT2D eigenvalue weighted by molar-refractivity contribution is 6.67. The van der Waals surface area contributed by atoms with E-state index >= 15 is 0 Å². The molecular formula is C10H15ClO. The van der Waals surface area contributed by atoms with Gasteiger partial charge in [0, 0.05) is 5.57 Å². The van der Waals surface area contributed by atoms with Crippen LogP contribution in [-0.2, 0) is 4.79 Å². The van der Waals surface area contributed by atoms with E-state index in [-0.39, 0.29) is 5.24 Å². The zero-order valence-corrected chi connectivity index (χ0v) is 8.45. The molecule has 0 aromatic rings. The van der Waals surface area contributed by atoms with Crippen LogP contribution in [0.5, 0.6) is 0 Å². The molecule has 0 bridgehead atoms. The van der Waals surface area contributed by atoms with Gasteiger partial charge in [0.1, 0.15) is 0 Å². The zero-order chi connectivity index (χ0) is 9.14. The lowest BCUT2D eigenvalue weighted by atomic mass is 9.86. The first kappa shape index (κ1) is 9.79. The van der Waals surface area contributed by atoms with Crippen molar-refractivity contribution in [3.05, 3.63) is 11.1 Å². The minimum absolute atomic E-state index is 0.238. The Morgan fingerprint density at radius 3 is 2.33 bits per heavy atom. The van der Waals surface area contributed by atoms with Crippen LogP contribution in [0.3, 0.4) is 0 Å². The molecule has 0 heterocycles. The number of rotatable bonds is 2. The Hall–Kier alpha value is -0.300. The van der Waals surface area contributed by atoms with Crippen molar-refractivity contribution in [3.8, 4) is 0 Å². The predicted molar refractivity (Wildman–Crippen MR) is 51.2 cm³/mol. The second-order valence-corrected chi connectivity index (χ2v) is 3.98. The van der Waals surface area contributed by atoms with E-state index in [2.05, 4.69) is 13.8 Å². The first-order valence-corrected chi connectivity index (χ1v) is 4.92. The van der Waals surface area contributed by atoms with E-state index in [1.807, 2.05) is 0 Å². The monoisotopic (exact) mass is 186 g/mol. The number of hydrogen-bond donors (Lipinski definition) is 0. The highest BCUT2D eigenvalue weighted by Crippen LogP contribution is 2.30. The van der Waals surface area contributed by atoms with Gasteiger partial charge < -0.3 is 0 Å². The Labute approximate surface area is 78.8 Å². The largest absolute Gasteiger partial charge is 0.276 e. The van der Waals surface area contributed by atoms with Crippen molar-refractivity contribution in [1.82, 2.24) is 0 Å². The first-order valence-electron chi connectivity index (χ1n) is 4.54. The van der Waals surface area contributed by atoms with Gasteiger partial charge in [-0.1, -0.05) is 19.4 Å². The van der Waals surface area contributed by atoms with Gasteiger partial charge >= 0.3 is 0 Å². The molecule has 0 saturated carbocycles. The maximum Gasteiger partial charge on any atom is 0.248 e. The van der Waals surface area contributed by atoms with Crippen molar-refractivity contribution in [2.24, 2.45) is 5.92 Å². The van der Waals surface area contributed by atoms with Crippen molar-refractivity contribution in [2.45, 2.75) is 39.5 Å². The molecule has 68 valence electrons. The van der Waals surface area contributed by atoms with Gasteiger partial charge in [-0.15, -0.1) is 0 Å². The molecule has 0 N–H and O–H groups in total. The van der Waals surface area contributed by atoms with Crippen molar-refractivity contribution in [1.29, 1.82) is 0 Å². The highest BCUT2D eigenvalue weighted by Gasteiger charge is 2.18. The summed E-state index contributed by atoms with van der Waals surface area (Å²) in [5.41, 5.74) is 2.17. The molecule has 0 aromatic carbocycles. The highest BCUT2D eigenvalue weighted by atomic mass is 35.5. The molecule has 0 amide bonds. The maximum atomic E-state index is 11.0. The van der Waals surface area contributed by atoms with Crippen LogP contribution in [0.4, 0.5) is 0 Å². The Morgan fingerprint density at radius 2 is 1.92 bits per heavy atom. The molecule has 2 heteroatoms. The number of carbonyl (C=O) groups excluding carboxylic acids is 1. The summed E-state index contributed by atoms with van der Waals surface area (Å²) in [4.78, 5) is 11.0. The van der Waals surface area contributed by atoms with Crippen LogP contribution in [0.15, 0.2) is 11.1 Å². The smallest absolute Gasteiger partial charge is 0.248 e. The van der Waals surface area contributed by atoms with E-state index in [0.29, 0.717) is 5.92 Å². The molecule has 1 aliphatic carbocycles. The van der Waals surface area contributed by atoms with E-state index < -0.39 is 0 Å². The Bertz CT molecular complexity index is 216. The fourth-order valence-electron chi connectivity index (χ4n) is 1.79. The molecule has 0 aromatic heterocycles. The minimum atomic E-state index is -0.238. The van der Waals surface area contributed by atoms with Crippen LogP contribution < -0.4 is 0 Å². The molecule has 1 rings (SSSR count). The topological polar surface area (TPSA) is 17.1 Å². The summed E-state index contributed by atoms with van der Waals surface area (Å²) in [6.45, 7) is 4.25. The molecular weight excluding hydrogens is 172 g/mol. The van der Waals surface area contributed by atoms with Gasteiger partial charge in [0.05, 0.1) is 0 Å². The maximum absolute atomic E-state index is 11.0. The lowest BCUT2D eigenvalue weighted by Crippen LogP contribution is -2.09. The van der Waals surface area contributed by atoms with E-state index in [0.717, 1.165) is 24.8 Å². The average molecular weight is 187 g/mol. The van der Waals surface area contributed by atoms with E-state index in [9.17, 15) is 4.79 Å². The van der Waals surface area contributed by atoms with Crippen molar-refractivity contribution >= 4 is 16.8 Å². The van der Waals surface area contributed by atoms with E-state index in [1.165, 1.54) is 12.0 Å². The SMILES string of the molecule is CC(C)C1=C(C(=O)Cl)CCCC1. The lowest BCUT2D eigenvalue weighted by molar-refractivity contribution is -0.108. The number of carbonyl (C=O) groups is 1. The van der Waals surface area contributed by atoms with Gasteiger partial charge in [-0.2, -0.15) is 0 Å². The normalized spacial score (nSPS) is 18.7. The fraction of sp³-hybridized carbons (Fsp3) is 0.700. The van der Waals surface area contributed by atoms with Gasteiger partial charge in [-0.05, 0) is 43.2 Å². The summed E-state index contributed by atoms with van der Waals surface area (Å²) in [5, 5.41) is -0.238. The Kier molecular flexibility index (Phi) is 3.33. The van der Waals surface area contributed by atoms with Crippen molar-refractivity contribution in [2.75, 3.05) is 0 Å². The third-order valence-electron chi connectivity index (χ3n) is 2.44. The van der Waals surface area contributed by atoms with Crippen LogP contribution in [0.25, 0.3) is 0 Å². The van der Waals surface area contributed by atoms with Crippen LogP contribution in [-0.4, -0.2) is 5.24 Å². The summed E-state index contributed by atoms with van der Waals surface area (Å²) in [5.74, 6) is 0.475. The van der Waals surface area contributed by atoms with Gasteiger partial charge in [-0.3, -0.25) is 4.79 Å². The standard InChI is InChI=1S/C10H15ClO/c1-7(2)8-5-3-4-6-9(8)10(11)12/h7H,3-6H2,1-2H3. The third kappa shape index (κ3) is 2.10. The lowest BCUT2D eigenvalue weighted by Gasteiger charge is -2.20. The quantitative estimate of drug-likeness (QED) is 0.605. The van der Waals surface area contributed by atoms with Gasteiger partial charge in [0.2, 0.25) is 5.24 Å². The minimum Gasteiger partial charge on any atom is -0.276 e. The Morgan fingerprint density at radius 1 is 1.33 bits per heavy atom. The summed E-state index contributed by atoms with van der Waals surface area (Å²) >= 11 is 5.50. The van der Waals surface area contributed by atoms with Gasteiger partial charge in [0.15, 0.2) is 0 Å². The van der Waals surface area contributed by atoms with Gasteiger partial charge in [-0.25, -0.2) is 0 Å². The molecule has 0 atom stereocenters. The molecule has 12 heavy (non-hydrogen) atoms. The van der Waals surface area contributed by atoms with Crippen molar-refractivity contribution < 1.29 is 4.79 Å². The zero-order valence-electron chi connectivity index (χ0n) is 7.69. The summed E-state index contributed by atoms with van der Waals surface area (Å²) in [6, 6.07) is 0. The number of allylic oxidation sites excluding steroid dienone is 2. The molecule has 0 radical (unpaired) electrons. The molecule has 1 aliphatic rings. The van der Waals surface area contributed by atoms with E-state index in [1.54, 1.807) is 0 Å². The summed E-state index contributed by atoms with van der Waals surface area (Å²) < 4.78 is 0.